The summed E-state index contributed by atoms with van der Waals surface area (Å²) < 4.78 is 12.6. The topological polar surface area (TPSA) is 30.5 Å². The molecule has 1 N–H and O–H groups in total. The third-order valence-corrected chi connectivity index (χ3v) is 6.78. The molecule has 0 amide bonds. The first kappa shape index (κ1) is 20.6. The van der Waals surface area contributed by atoms with Gasteiger partial charge in [-0.1, -0.05) is 30.3 Å². The minimum Gasteiger partial charge on any atom is -0.490 e. The van der Waals surface area contributed by atoms with Crippen LogP contribution in [0.15, 0.2) is 48.5 Å². The quantitative estimate of drug-likeness (QED) is 0.557. The Morgan fingerprint density at radius 2 is 1.86 bits per heavy atom. The Bertz CT molecular complexity index is 759. The van der Waals surface area contributed by atoms with Crippen LogP contribution >= 0.6 is 11.8 Å². The molecule has 2 aromatic rings. The molecule has 2 aliphatic rings. The maximum absolute atomic E-state index is 6.34. The van der Waals surface area contributed by atoms with Gasteiger partial charge in [-0.05, 0) is 92.8 Å². The van der Waals surface area contributed by atoms with Gasteiger partial charge in [-0.3, -0.25) is 0 Å². The van der Waals surface area contributed by atoms with Crippen molar-refractivity contribution in [1.29, 1.82) is 0 Å². The molecular formula is C25H33NO2S. The summed E-state index contributed by atoms with van der Waals surface area (Å²) in [5.41, 5.74) is 2.54. The van der Waals surface area contributed by atoms with Crippen LogP contribution in [0.1, 0.15) is 55.8 Å². The van der Waals surface area contributed by atoms with Crippen molar-refractivity contribution >= 4 is 11.8 Å². The number of fused-ring (bicyclic) bond motifs is 1. The summed E-state index contributed by atoms with van der Waals surface area (Å²) in [6.45, 7) is 1.14. The van der Waals surface area contributed by atoms with Gasteiger partial charge < -0.3 is 14.8 Å². The molecule has 1 fully saturated rings. The van der Waals surface area contributed by atoms with Crippen molar-refractivity contribution in [3.8, 4) is 11.5 Å². The van der Waals surface area contributed by atoms with E-state index in [0.29, 0.717) is 12.1 Å². The van der Waals surface area contributed by atoms with Crippen molar-refractivity contribution in [3.05, 3.63) is 59.7 Å². The molecule has 0 radical (unpaired) electrons. The Morgan fingerprint density at radius 1 is 1.03 bits per heavy atom. The third-order valence-electron chi connectivity index (χ3n) is 6.08. The van der Waals surface area contributed by atoms with Crippen molar-refractivity contribution in [3.63, 3.8) is 0 Å². The average molecular weight is 412 g/mol. The maximum atomic E-state index is 6.34. The van der Waals surface area contributed by atoms with Crippen LogP contribution in [-0.2, 0) is 6.42 Å². The van der Waals surface area contributed by atoms with E-state index in [1.807, 2.05) is 11.8 Å². The molecule has 1 saturated carbocycles. The van der Waals surface area contributed by atoms with Crippen LogP contribution in [0.25, 0.3) is 0 Å². The molecule has 4 rings (SSSR count). The van der Waals surface area contributed by atoms with Gasteiger partial charge in [0.05, 0.1) is 6.10 Å². The number of ether oxygens (including phenoxy) is 2. The molecule has 3 nitrogen and oxygen atoms in total. The molecule has 0 aromatic heterocycles. The predicted octanol–water partition coefficient (Wildman–Crippen LogP) is 5.79. The zero-order valence-electron chi connectivity index (χ0n) is 17.4. The largest absolute Gasteiger partial charge is 0.490 e. The fraction of sp³-hybridized carbons (Fsp3) is 0.520. The Labute approximate surface area is 179 Å². The third kappa shape index (κ3) is 5.70. The predicted molar refractivity (Wildman–Crippen MR) is 122 cm³/mol. The lowest BCUT2D eigenvalue weighted by atomic mass is 9.92. The van der Waals surface area contributed by atoms with Crippen LogP contribution < -0.4 is 14.8 Å². The van der Waals surface area contributed by atoms with Gasteiger partial charge in [0.25, 0.3) is 0 Å². The minimum absolute atomic E-state index is 0.161. The van der Waals surface area contributed by atoms with E-state index in [1.165, 1.54) is 36.1 Å². The number of hydrogen-bond acceptors (Lipinski definition) is 4. The standard InChI is InChI=1S/C25H33NO2S/c1-29-17-5-16-26-21-9-11-22(12-10-21)27-23-13-15-25-20(18-23)8-14-24(28-25)19-6-3-2-4-7-19/h2-4,6-7,13,15,18,21-22,24,26H,5,8-12,14,16-17H2,1H3/t21-,22-,24?. The van der Waals surface area contributed by atoms with Gasteiger partial charge >= 0.3 is 0 Å². The van der Waals surface area contributed by atoms with Crippen LogP contribution in [-0.4, -0.2) is 30.7 Å². The molecule has 2 aromatic carbocycles. The second kappa shape index (κ2) is 10.4. The highest BCUT2D eigenvalue weighted by molar-refractivity contribution is 7.98. The summed E-state index contributed by atoms with van der Waals surface area (Å²) in [5, 5.41) is 3.71. The van der Waals surface area contributed by atoms with Crippen LogP contribution in [0.5, 0.6) is 11.5 Å². The Hall–Kier alpha value is -1.65. The fourth-order valence-corrected chi connectivity index (χ4v) is 4.87. The van der Waals surface area contributed by atoms with Gasteiger partial charge in [0.1, 0.15) is 17.6 Å². The molecule has 1 aliphatic heterocycles. The highest BCUT2D eigenvalue weighted by Gasteiger charge is 2.24. The summed E-state index contributed by atoms with van der Waals surface area (Å²) in [7, 11) is 0. The molecule has 156 valence electrons. The second-order valence-corrected chi connectivity index (χ2v) is 9.20. The van der Waals surface area contributed by atoms with Gasteiger partial charge in [0, 0.05) is 6.04 Å². The summed E-state index contributed by atoms with van der Waals surface area (Å²) in [6, 6.07) is 17.6. The van der Waals surface area contributed by atoms with Crippen molar-refractivity contribution in [1.82, 2.24) is 5.32 Å². The normalized spacial score (nSPS) is 23.8. The Morgan fingerprint density at radius 3 is 2.66 bits per heavy atom. The molecule has 0 spiro atoms. The maximum Gasteiger partial charge on any atom is 0.124 e. The smallest absolute Gasteiger partial charge is 0.124 e. The average Bonchev–Trinajstić information content (AvgIpc) is 2.78. The molecule has 1 atom stereocenters. The second-order valence-electron chi connectivity index (χ2n) is 8.22. The van der Waals surface area contributed by atoms with Crippen molar-refractivity contribution in [2.75, 3.05) is 18.6 Å². The highest BCUT2D eigenvalue weighted by atomic mass is 32.2. The lowest BCUT2D eigenvalue weighted by Gasteiger charge is -2.30. The molecule has 4 heteroatoms. The summed E-state index contributed by atoms with van der Waals surface area (Å²) >= 11 is 1.93. The molecule has 0 bridgehead atoms. The summed E-state index contributed by atoms with van der Waals surface area (Å²) in [4.78, 5) is 0. The van der Waals surface area contributed by atoms with E-state index in [1.54, 1.807) is 0 Å². The highest BCUT2D eigenvalue weighted by Crippen LogP contribution is 2.37. The Kier molecular flexibility index (Phi) is 7.39. The van der Waals surface area contributed by atoms with E-state index in [9.17, 15) is 0 Å². The van der Waals surface area contributed by atoms with E-state index in [2.05, 4.69) is 60.1 Å². The van der Waals surface area contributed by atoms with E-state index < -0.39 is 0 Å². The zero-order chi connectivity index (χ0) is 19.9. The number of hydrogen-bond donors (Lipinski definition) is 1. The van der Waals surface area contributed by atoms with Crippen molar-refractivity contribution < 1.29 is 9.47 Å². The van der Waals surface area contributed by atoms with E-state index in [4.69, 9.17) is 9.47 Å². The van der Waals surface area contributed by atoms with Crippen LogP contribution in [0.2, 0.25) is 0 Å². The number of rotatable bonds is 8. The summed E-state index contributed by atoms with van der Waals surface area (Å²) in [5.74, 6) is 3.26. The number of aryl methyl sites for hydroxylation is 1. The molecule has 0 saturated heterocycles. The first-order valence-electron chi connectivity index (χ1n) is 11.1. The van der Waals surface area contributed by atoms with Crippen LogP contribution in [0.4, 0.5) is 0 Å². The van der Waals surface area contributed by atoms with Gasteiger partial charge in [0.15, 0.2) is 0 Å². The zero-order valence-corrected chi connectivity index (χ0v) is 18.3. The van der Waals surface area contributed by atoms with E-state index in [-0.39, 0.29) is 6.10 Å². The number of nitrogens with one attached hydrogen (secondary N) is 1. The minimum atomic E-state index is 0.161. The Balaban J connectivity index is 1.26. The van der Waals surface area contributed by atoms with Gasteiger partial charge in [-0.2, -0.15) is 11.8 Å². The first-order valence-corrected chi connectivity index (χ1v) is 12.4. The van der Waals surface area contributed by atoms with E-state index in [0.717, 1.165) is 43.7 Å². The molecule has 1 heterocycles. The van der Waals surface area contributed by atoms with Crippen molar-refractivity contribution in [2.45, 2.75) is 63.2 Å². The number of benzene rings is 2. The number of thioether (sulfide) groups is 1. The fourth-order valence-electron chi connectivity index (χ4n) is 4.44. The summed E-state index contributed by atoms with van der Waals surface area (Å²) in [6.07, 6.45) is 10.7. The van der Waals surface area contributed by atoms with Gasteiger partial charge in [-0.25, -0.2) is 0 Å². The van der Waals surface area contributed by atoms with E-state index >= 15 is 0 Å². The van der Waals surface area contributed by atoms with Crippen LogP contribution in [0, 0.1) is 0 Å². The van der Waals surface area contributed by atoms with Crippen LogP contribution in [0.3, 0.4) is 0 Å². The van der Waals surface area contributed by atoms with Crippen molar-refractivity contribution in [2.24, 2.45) is 0 Å². The van der Waals surface area contributed by atoms with Gasteiger partial charge in [-0.15, -0.1) is 0 Å². The first-order chi connectivity index (χ1) is 14.3. The monoisotopic (exact) mass is 411 g/mol. The lowest BCUT2D eigenvalue weighted by molar-refractivity contribution is 0.138. The molecule has 1 unspecified atom stereocenters. The SMILES string of the molecule is CSCCCN[C@H]1CC[C@H](Oc2ccc3c(c2)CCC(c2ccccc2)O3)CC1. The molecular weight excluding hydrogens is 378 g/mol. The molecule has 1 aliphatic carbocycles. The van der Waals surface area contributed by atoms with Gasteiger partial charge in [0.2, 0.25) is 0 Å². The molecule has 29 heavy (non-hydrogen) atoms. The lowest BCUT2D eigenvalue weighted by Crippen LogP contribution is -2.36.